The standard InChI is InChI=1S/C15H34N2O/c1-5-6-7-10-15(2,3)13-17-12-14(16)9-8-11-18-4/h14,17H,5-13,16H2,1-4H3. The quantitative estimate of drug-likeness (QED) is 0.529. The van der Waals surface area contributed by atoms with Crippen LogP contribution >= 0.6 is 0 Å². The van der Waals surface area contributed by atoms with E-state index in [-0.39, 0.29) is 6.04 Å². The number of unbranched alkanes of at least 4 members (excludes halogenated alkanes) is 2. The van der Waals surface area contributed by atoms with E-state index in [1.807, 2.05) is 0 Å². The molecular weight excluding hydrogens is 224 g/mol. The van der Waals surface area contributed by atoms with Crippen LogP contribution in [-0.4, -0.2) is 32.8 Å². The molecule has 0 radical (unpaired) electrons. The maximum atomic E-state index is 6.05. The van der Waals surface area contributed by atoms with E-state index in [0.717, 1.165) is 32.5 Å². The molecule has 0 aromatic rings. The van der Waals surface area contributed by atoms with Crippen molar-refractivity contribution in [3.8, 4) is 0 Å². The lowest BCUT2D eigenvalue weighted by Crippen LogP contribution is -2.38. The number of ether oxygens (including phenoxy) is 1. The van der Waals surface area contributed by atoms with Crippen molar-refractivity contribution >= 4 is 0 Å². The number of hydrogen-bond acceptors (Lipinski definition) is 3. The van der Waals surface area contributed by atoms with Gasteiger partial charge in [0, 0.05) is 32.8 Å². The molecule has 0 bridgehead atoms. The summed E-state index contributed by atoms with van der Waals surface area (Å²) in [7, 11) is 1.74. The van der Waals surface area contributed by atoms with E-state index in [9.17, 15) is 0 Å². The van der Waals surface area contributed by atoms with Crippen LogP contribution in [0.3, 0.4) is 0 Å². The minimum atomic E-state index is 0.256. The summed E-state index contributed by atoms with van der Waals surface area (Å²) in [5, 5.41) is 3.51. The molecule has 0 amide bonds. The van der Waals surface area contributed by atoms with Crippen LogP contribution < -0.4 is 11.1 Å². The van der Waals surface area contributed by atoms with Crippen LogP contribution in [0.15, 0.2) is 0 Å². The highest BCUT2D eigenvalue weighted by molar-refractivity contribution is 4.73. The molecule has 3 heteroatoms. The van der Waals surface area contributed by atoms with Crippen LogP contribution in [0.5, 0.6) is 0 Å². The Labute approximate surface area is 114 Å². The Morgan fingerprint density at radius 2 is 1.94 bits per heavy atom. The molecule has 0 aromatic carbocycles. The predicted octanol–water partition coefficient (Wildman–Crippen LogP) is 2.94. The fraction of sp³-hybridized carbons (Fsp3) is 1.00. The van der Waals surface area contributed by atoms with Gasteiger partial charge in [-0.25, -0.2) is 0 Å². The highest BCUT2D eigenvalue weighted by Gasteiger charge is 2.16. The average molecular weight is 258 g/mol. The summed E-state index contributed by atoms with van der Waals surface area (Å²) in [4.78, 5) is 0. The van der Waals surface area contributed by atoms with Crippen LogP contribution in [0.1, 0.15) is 59.3 Å². The Balaban J connectivity index is 3.55. The third kappa shape index (κ3) is 11.0. The minimum Gasteiger partial charge on any atom is -0.385 e. The highest BCUT2D eigenvalue weighted by Crippen LogP contribution is 2.22. The van der Waals surface area contributed by atoms with Gasteiger partial charge in [0.25, 0.3) is 0 Å². The number of nitrogens with two attached hydrogens (primary N) is 1. The molecule has 3 nitrogen and oxygen atoms in total. The lowest BCUT2D eigenvalue weighted by molar-refractivity contribution is 0.190. The van der Waals surface area contributed by atoms with Gasteiger partial charge in [0.15, 0.2) is 0 Å². The van der Waals surface area contributed by atoms with E-state index in [4.69, 9.17) is 10.5 Å². The Morgan fingerprint density at radius 3 is 2.56 bits per heavy atom. The van der Waals surface area contributed by atoms with Crippen LogP contribution in [-0.2, 0) is 4.74 Å². The van der Waals surface area contributed by atoms with Crippen molar-refractivity contribution in [2.75, 3.05) is 26.8 Å². The molecule has 0 aromatic heterocycles. The second-order valence-corrected chi connectivity index (χ2v) is 6.15. The zero-order valence-corrected chi connectivity index (χ0v) is 12.9. The number of hydrogen-bond donors (Lipinski definition) is 2. The number of methoxy groups -OCH3 is 1. The lowest BCUT2D eigenvalue weighted by atomic mass is 9.87. The van der Waals surface area contributed by atoms with Gasteiger partial charge in [0.1, 0.15) is 0 Å². The van der Waals surface area contributed by atoms with E-state index in [2.05, 4.69) is 26.1 Å². The second-order valence-electron chi connectivity index (χ2n) is 6.15. The predicted molar refractivity (Wildman–Crippen MR) is 79.9 cm³/mol. The van der Waals surface area contributed by atoms with Crippen molar-refractivity contribution < 1.29 is 4.74 Å². The summed E-state index contributed by atoms with van der Waals surface area (Å²) in [5.41, 5.74) is 6.44. The summed E-state index contributed by atoms with van der Waals surface area (Å²) < 4.78 is 5.03. The molecule has 0 aliphatic carbocycles. The summed E-state index contributed by atoms with van der Waals surface area (Å²) in [6.45, 7) is 9.73. The van der Waals surface area contributed by atoms with Crippen molar-refractivity contribution in [1.29, 1.82) is 0 Å². The van der Waals surface area contributed by atoms with Gasteiger partial charge in [-0.1, -0.05) is 40.0 Å². The second kappa shape index (κ2) is 10.8. The Hall–Kier alpha value is -0.120. The average Bonchev–Trinajstić information content (AvgIpc) is 2.29. The van der Waals surface area contributed by atoms with Crippen molar-refractivity contribution in [3.63, 3.8) is 0 Å². The zero-order valence-electron chi connectivity index (χ0n) is 12.9. The molecule has 0 fully saturated rings. The fourth-order valence-corrected chi connectivity index (χ4v) is 2.13. The smallest absolute Gasteiger partial charge is 0.0462 e. The molecular formula is C15H34N2O. The van der Waals surface area contributed by atoms with E-state index in [1.165, 1.54) is 25.7 Å². The first kappa shape index (κ1) is 17.9. The van der Waals surface area contributed by atoms with E-state index in [1.54, 1.807) is 7.11 Å². The van der Waals surface area contributed by atoms with Crippen molar-refractivity contribution in [2.45, 2.75) is 65.3 Å². The van der Waals surface area contributed by atoms with Gasteiger partial charge in [-0.3, -0.25) is 0 Å². The molecule has 3 N–H and O–H groups in total. The van der Waals surface area contributed by atoms with Crippen LogP contribution in [0.2, 0.25) is 0 Å². The molecule has 0 saturated heterocycles. The molecule has 0 saturated carbocycles. The first-order valence-corrected chi connectivity index (χ1v) is 7.47. The van der Waals surface area contributed by atoms with Gasteiger partial charge >= 0.3 is 0 Å². The molecule has 0 rings (SSSR count). The van der Waals surface area contributed by atoms with Gasteiger partial charge in [-0.05, 0) is 24.7 Å². The highest BCUT2D eigenvalue weighted by atomic mass is 16.5. The molecule has 0 spiro atoms. The molecule has 18 heavy (non-hydrogen) atoms. The lowest BCUT2D eigenvalue weighted by Gasteiger charge is -2.26. The van der Waals surface area contributed by atoms with Gasteiger partial charge < -0.3 is 15.8 Å². The summed E-state index contributed by atoms with van der Waals surface area (Å²) >= 11 is 0. The fourth-order valence-electron chi connectivity index (χ4n) is 2.13. The number of rotatable bonds is 12. The van der Waals surface area contributed by atoms with Gasteiger partial charge in [0.05, 0.1) is 0 Å². The summed E-state index contributed by atoms with van der Waals surface area (Å²) in [5.74, 6) is 0. The van der Waals surface area contributed by atoms with Gasteiger partial charge in [-0.15, -0.1) is 0 Å². The molecule has 0 heterocycles. The van der Waals surface area contributed by atoms with Crippen LogP contribution in [0.25, 0.3) is 0 Å². The molecule has 1 atom stereocenters. The Kier molecular flexibility index (Phi) is 10.7. The monoisotopic (exact) mass is 258 g/mol. The van der Waals surface area contributed by atoms with Crippen molar-refractivity contribution in [3.05, 3.63) is 0 Å². The van der Waals surface area contributed by atoms with Crippen molar-refractivity contribution in [2.24, 2.45) is 11.1 Å². The van der Waals surface area contributed by atoms with Crippen molar-refractivity contribution in [1.82, 2.24) is 5.32 Å². The minimum absolute atomic E-state index is 0.256. The number of nitrogens with one attached hydrogen (secondary N) is 1. The third-order valence-electron chi connectivity index (χ3n) is 3.39. The first-order valence-electron chi connectivity index (χ1n) is 7.47. The normalized spacial score (nSPS) is 13.8. The van der Waals surface area contributed by atoms with Gasteiger partial charge in [0.2, 0.25) is 0 Å². The third-order valence-corrected chi connectivity index (χ3v) is 3.39. The maximum Gasteiger partial charge on any atom is 0.0462 e. The molecule has 0 aliphatic heterocycles. The van der Waals surface area contributed by atoms with Crippen LogP contribution in [0.4, 0.5) is 0 Å². The molecule has 1 unspecified atom stereocenters. The summed E-state index contributed by atoms with van der Waals surface area (Å²) in [6.07, 6.45) is 7.38. The SMILES string of the molecule is CCCCCC(C)(C)CNCC(N)CCCOC. The largest absolute Gasteiger partial charge is 0.385 e. The zero-order chi connectivity index (χ0) is 13.9. The summed E-state index contributed by atoms with van der Waals surface area (Å²) in [6, 6.07) is 0.256. The Bertz CT molecular complexity index is 183. The van der Waals surface area contributed by atoms with Crippen LogP contribution in [0, 0.1) is 5.41 Å². The van der Waals surface area contributed by atoms with E-state index in [0.29, 0.717) is 5.41 Å². The molecule has 0 aliphatic rings. The van der Waals surface area contributed by atoms with E-state index >= 15 is 0 Å². The van der Waals surface area contributed by atoms with E-state index < -0.39 is 0 Å². The Morgan fingerprint density at radius 1 is 1.22 bits per heavy atom. The van der Waals surface area contributed by atoms with Gasteiger partial charge in [-0.2, -0.15) is 0 Å². The topological polar surface area (TPSA) is 47.3 Å². The maximum absolute atomic E-state index is 6.05. The first-order chi connectivity index (χ1) is 8.52. The molecule has 110 valence electrons.